The molecule has 0 aliphatic carbocycles. The number of hydrogen-bond donors (Lipinski definition) is 1. The lowest BCUT2D eigenvalue weighted by Gasteiger charge is -2.04. The van der Waals surface area contributed by atoms with Crippen LogP contribution in [0, 0.1) is 28.4 Å². The van der Waals surface area contributed by atoms with Crippen LogP contribution in [-0.4, -0.2) is 21.0 Å². The maximum absolute atomic E-state index is 12.4. The summed E-state index contributed by atoms with van der Waals surface area (Å²) in [5.41, 5.74) is 1.79. The third-order valence-electron chi connectivity index (χ3n) is 3.74. The Hall–Kier alpha value is -3.29. The highest BCUT2D eigenvalue weighted by Gasteiger charge is 2.23. The fourth-order valence-corrected chi connectivity index (χ4v) is 4.09. The lowest BCUT2D eigenvalue weighted by molar-refractivity contribution is -0.385. The van der Waals surface area contributed by atoms with Crippen molar-refractivity contribution in [1.82, 2.24) is 10.2 Å². The summed E-state index contributed by atoms with van der Waals surface area (Å²) in [6.45, 7) is 1.58. The van der Waals surface area contributed by atoms with Crippen LogP contribution in [0.3, 0.4) is 0 Å². The first-order chi connectivity index (χ1) is 13.5. The summed E-state index contributed by atoms with van der Waals surface area (Å²) >= 11 is 2.63. The van der Waals surface area contributed by atoms with Crippen molar-refractivity contribution in [1.29, 1.82) is 5.26 Å². The zero-order valence-corrected chi connectivity index (χ0v) is 16.2. The Morgan fingerprint density at radius 2 is 2.04 bits per heavy atom. The van der Waals surface area contributed by atoms with Crippen molar-refractivity contribution < 1.29 is 9.72 Å². The fourth-order valence-electron chi connectivity index (χ4n) is 2.39. The fraction of sp³-hybridized carbons (Fsp3) is 0.111. The molecule has 0 fully saturated rings. The average molecular weight is 411 g/mol. The highest BCUT2D eigenvalue weighted by atomic mass is 32.2. The number of rotatable bonds is 6. The van der Waals surface area contributed by atoms with Gasteiger partial charge in [0.05, 0.1) is 16.6 Å². The van der Waals surface area contributed by atoms with Gasteiger partial charge in [-0.15, -0.1) is 10.2 Å². The highest BCUT2D eigenvalue weighted by Crippen LogP contribution is 2.29. The van der Waals surface area contributed by atoms with Crippen LogP contribution in [0.2, 0.25) is 0 Å². The number of para-hydroxylation sites is 1. The van der Waals surface area contributed by atoms with Crippen LogP contribution in [0.15, 0.2) is 46.8 Å². The van der Waals surface area contributed by atoms with Crippen LogP contribution >= 0.6 is 23.1 Å². The number of aryl methyl sites for hydroxylation is 1. The highest BCUT2D eigenvalue weighted by molar-refractivity contribution is 8.00. The van der Waals surface area contributed by atoms with E-state index in [0.717, 1.165) is 5.56 Å². The number of nitro benzene ring substituents is 1. The Bertz CT molecular complexity index is 1070. The molecule has 0 saturated heterocycles. The molecule has 8 nitrogen and oxygen atoms in total. The number of hydrogen-bond acceptors (Lipinski definition) is 8. The summed E-state index contributed by atoms with van der Waals surface area (Å²) < 4.78 is 0.651. The molecule has 1 N–H and O–H groups in total. The number of nitriles is 1. The molecule has 1 heterocycles. The lowest BCUT2D eigenvalue weighted by atomic mass is 10.1. The first-order valence-electron chi connectivity index (χ1n) is 7.98. The van der Waals surface area contributed by atoms with Crippen molar-refractivity contribution in [2.24, 2.45) is 0 Å². The van der Waals surface area contributed by atoms with Crippen LogP contribution < -0.4 is 5.32 Å². The number of amides is 1. The first-order valence-corrected chi connectivity index (χ1v) is 9.79. The molecule has 1 amide bonds. The van der Waals surface area contributed by atoms with Gasteiger partial charge in [-0.05, 0) is 30.7 Å². The molecular weight excluding hydrogens is 398 g/mol. The number of carbonyl (C=O) groups excluding carboxylic acids is 1. The molecule has 0 aliphatic rings. The van der Waals surface area contributed by atoms with E-state index in [9.17, 15) is 14.9 Å². The monoisotopic (exact) mass is 411 g/mol. The summed E-state index contributed by atoms with van der Waals surface area (Å²) in [5, 5.41) is 30.8. The zero-order chi connectivity index (χ0) is 20.1. The predicted octanol–water partition coefficient (Wildman–Crippen LogP) is 4.17. The van der Waals surface area contributed by atoms with Crippen LogP contribution in [0.5, 0.6) is 0 Å². The molecule has 3 aromatic rings. The molecule has 2 aromatic carbocycles. The van der Waals surface area contributed by atoms with E-state index in [4.69, 9.17) is 5.26 Å². The second-order valence-electron chi connectivity index (χ2n) is 5.65. The summed E-state index contributed by atoms with van der Waals surface area (Å²) in [4.78, 5) is 23.1. The van der Waals surface area contributed by atoms with Crippen molar-refractivity contribution in [3.63, 3.8) is 0 Å². The van der Waals surface area contributed by atoms with Crippen molar-refractivity contribution >= 4 is 39.8 Å². The molecule has 0 radical (unpaired) electrons. The summed E-state index contributed by atoms with van der Waals surface area (Å²) in [5.74, 6) is 0.0349. The summed E-state index contributed by atoms with van der Waals surface area (Å²) in [6, 6.07) is 13.9. The molecule has 0 spiro atoms. The quantitative estimate of drug-likeness (QED) is 0.279. The minimum absolute atomic E-state index is 0.0213. The molecule has 0 atom stereocenters. The first kappa shape index (κ1) is 19.5. The van der Waals surface area contributed by atoms with Gasteiger partial charge >= 0.3 is 0 Å². The summed E-state index contributed by atoms with van der Waals surface area (Å²) in [7, 11) is 0. The Morgan fingerprint density at radius 3 is 2.71 bits per heavy atom. The number of nitrogens with zero attached hydrogens (tertiary/aromatic N) is 4. The van der Waals surface area contributed by atoms with Gasteiger partial charge in [0.15, 0.2) is 4.34 Å². The molecule has 0 saturated carbocycles. The van der Waals surface area contributed by atoms with Gasteiger partial charge in [0.2, 0.25) is 5.13 Å². The third kappa shape index (κ3) is 4.51. The number of nitro groups is 1. The van der Waals surface area contributed by atoms with E-state index >= 15 is 0 Å². The number of nitrogens with one attached hydrogen (secondary N) is 1. The van der Waals surface area contributed by atoms with Gasteiger partial charge in [-0.25, -0.2) is 0 Å². The van der Waals surface area contributed by atoms with E-state index in [1.807, 2.05) is 12.1 Å². The SMILES string of the molecule is Cc1cccc(C(=O)Nc2nnc(SCc3ccc(C#N)cc3)s2)c1[N+](=O)[O-]. The van der Waals surface area contributed by atoms with Gasteiger partial charge in [-0.3, -0.25) is 20.2 Å². The topological polar surface area (TPSA) is 122 Å². The van der Waals surface area contributed by atoms with E-state index in [1.165, 1.54) is 29.2 Å². The van der Waals surface area contributed by atoms with Crippen molar-refractivity contribution in [3.8, 4) is 6.07 Å². The van der Waals surface area contributed by atoms with Crippen LogP contribution in [0.25, 0.3) is 0 Å². The molecule has 10 heteroatoms. The van der Waals surface area contributed by atoms with Gasteiger partial charge in [0.25, 0.3) is 11.6 Å². The molecule has 28 heavy (non-hydrogen) atoms. The summed E-state index contributed by atoms with van der Waals surface area (Å²) in [6.07, 6.45) is 0. The molecule has 0 bridgehead atoms. The van der Waals surface area contributed by atoms with Crippen LogP contribution in [0.1, 0.15) is 27.0 Å². The van der Waals surface area contributed by atoms with E-state index in [1.54, 1.807) is 31.2 Å². The van der Waals surface area contributed by atoms with E-state index in [-0.39, 0.29) is 16.4 Å². The molecule has 3 rings (SSSR count). The van der Waals surface area contributed by atoms with E-state index < -0.39 is 10.8 Å². The predicted molar refractivity (Wildman–Crippen MR) is 106 cm³/mol. The Morgan fingerprint density at radius 1 is 1.29 bits per heavy atom. The molecular formula is C18H13N5O3S2. The Kier molecular flexibility index (Phi) is 5.98. The molecule has 0 unspecified atom stereocenters. The second kappa shape index (κ2) is 8.60. The number of anilines is 1. The minimum atomic E-state index is -0.602. The molecule has 0 aliphatic heterocycles. The van der Waals surface area contributed by atoms with E-state index in [2.05, 4.69) is 21.6 Å². The zero-order valence-electron chi connectivity index (χ0n) is 14.6. The lowest BCUT2D eigenvalue weighted by Crippen LogP contribution is -2.14. The Labute approximate surface area is 168 Å². The number of carbonyl (C=O) groups is 1. The number of aromatic nitrogens is 2. The minimum Gasteiger partial charge on any atom is -0.296 e. The largest absolute Gasteiger partial charge is 0.296 e. The molecule has 1 aromatic heterocycles. The van der Waals surface area contributed by atoms with Crippen LogP contribution in [-0.2, 0) is 5.75 Å². The van der Waals surface area contributed by atoms with Crippen molar-refractivity contribution in [3.05, 3.63) is 74.8 Å². The van der Waals surface area contributed by atoms with Gasteiger partial charge in [-0.2, -0.15) is 5.26 Å². The molecule has 140 valence electrons. The second-order valence-corrected chi connectivity index (χ2v) is 7.85. The normalized spacial score (nSPS) is 10.3. The van der Waals surface area contributed by atoms with Crippen molar-refractivity contribution in [2.75, 3.05) is 5.32 Å². The third-order valence-corrected chi connectivity index (χ3v) is 5.78. The standard InChI is InChI=1S/C18H13N5O3S2/c1-11-3-2-4-14(15(11)23(25)26)16(24)20-17-21-22-18(28-17)27-10-13-7-5-12(9-19)6-8-13/h2-8H,10H2,1H3,(H,20,21,24). The smallest absolute Gasteiger partial charge is 0.285 e. The van der Waals surface area contributed by atoms with Gasteiger partial charge < -0.3 is 0 Å². The maximum Gasteiger partial charge on any atom is 0.285 e. The maximum atomic E-state index is 12.4. The van der Waals surface area contributed by atoms with Gasteiger partial charge in [0, 0.05) is 11.3 Å². The Balaban J connectivity index is 1.66. The van der Waals surface area contributed by atoms with Gasteiger partial charge in [-0.1, -0.05) is 47.4 Å². The van der Waals surface area contributed by atoms with Gasteiger partial charge in [0.1, 0.15) is 5.56 Å². The van der Waals surface area contributed by atoms with Crippen LogP contribution in [0.4, 0.5) is 10.8 Å². The van der Waals surface area contributed by atoms with Crippen molar-refractivity contribution in [2.45, 2.75) is 17.0 Å². The van der Waals surface area contributed by atoms with E-state index in [0.29, 0.717) is 21.2 Å². The number of thioether (sulfide) groups is 1. The number of benzene rings is 2. The average Bonchev–Trinajstić information content (AvgIpc) is 3.13.